The minimum Gasteiger partial charge on any atom is -0.462 e. The maximum absolute atomic E-state index is 12.4. The number of aromatic nitrogens is 5. The summed E-state index contributed by atoms with van der Waals surface area (Å²) in [5, 5.41) is 0. The van der Waals surface area contributed by atoms with E-state index in [-0.39, 0.29) is 91.2 Å². The number of benzene rings is 2. The Bertz CT molecular complexity index is 4810. The maximum Gasteiger partial charge on any atom is 0.341 e. The molecule has 0 amide bonds. The van der Waals surface area contributed by atoms with Crippen molar-refractivity contribution in [1.82, 2.24) is 22.8 Å². The molecule has 25 nitrogen and oxygen atoms in total. The van der Waals surface area contributed by atoms with E-state index in [1.807, 2.05) is 77.9 Å². The van der Waals surface area contributed by atoms with Crippen molar-refractivity contribution in [1.29, 1.82) is 0 Å². The van der Waals surface area contributed by atoms with Crippen LogP contribution in [-0.2, 0) is 136 Å². The maximum atomic E-state index is 12.4. The number of hydrogen-bond donors (Lipinski definition) is 0. The average Bonchev–Trinajstić information content (AvgIpc) is 1.63. The van der Waals surface area contributed by atoms with Gasteiger partial charge in [-0.25, -0.2) is 66.1 Å². The van der Waals surface area contributed by atoms with Gasteiger partial charge in [0.25, 0.3) is 45.3 Å². The SMILES string of the molecule is CCOC(=O)c1c(S(=O)(=O)Cl)c(-c2ccccc2)n(C)c1CC.CCOC(=O)c1c(S(=O)(=O)Cl)c(C(C)C)n(C)c1CC.CCOC(=O)c1c(S(=O)(=O)Cl)c(C)n(C)c1CC.CCOC(=O)c1c(S(=O)(=O)Cl)c(CC)n(C)c1-c1ccccc1.CCOC(=O)c1c(S(=O)(=O)Cl)c(CC)n(C)c1C. The minimum atomic E-state index is -4.14. The highest BCUT2D eigenvalue weighted by atomic mass is 35.7. The largest absolute Gasteiger partial charge is 0.462 e. The molecule has 7 aromatic rings. The van der Waals surface area contributed by atoms with Crippen LogP contribution in [-0.4, -0.2) is 128 Å². The van der Waals surface area contributed by atoms with E-state index in [2.05, 4.69) is 0 Å². The van der Waals surface area contributed by atoms with Crippen LogP contribution in [0.25, 0.3) is 22.5 Å². The summed E-state index contributed by atoms with van der Waals surface area (Å²) in [4.78, 5) is 59.9. The Labute approximate surface area is 620 Å². The number of rotatable bonds is 23. The molecule has 0 spiro atoms. The Morgan fingerprint density at radius 2 is 0.598 bits per heavy atom. The number of esters is 5. The number of nitrogens with zero attached hydrogens (tertiary/aromatic N) is 5. The standard InChI is InChI=1S/2C16H18ClNO4S.C13H20ClNO4S.2C11H16ClNO4S/c1-4-12-15(23(17,20)21)13(16(19)22-5-2)14(18(12)3)11-9-7-6-8-10-11;1-4-12-13(16(19)22-5-2)15(23(17,20)21)14(18(12)3)11-9-7-6-8-10-11;1-6-9-10(13(16)19-7-2)12(20(14,17)18)11(8(3)4)15(9)5;1-5-8-9(11(14)17-6-2)10(18(12,15)16)7(3)13(8)4;1-5-8-10(18(12,15)16)9(7(3)13(8)4)11(14)17-6-2/h2*6-10H,4-5H2,1-3H3;8H,6-7H2,1-5H3;2*5-6H2,1-4H3. The first-order chi connectivity index (χ1) is 47.3. The van der Waals surface area contributed by atoms with Gasteiger partial charge in [-0.2, -0.15) is 0 Å². The lowest BCUT2D eigenvalue weighted by Crippen LogP contribution is -2.11. The van der Waals surface area contributed by atoms with E-state index < -0.39 is 75.1 Å². The van der Waals surface area contributed by atoms with Crippen molar-refractivity contribution in [3.05, 3.63) is 134 Å². The molecule has 0 atom stereocenters. The van der Waals surface area contributed by atoms with Crippen molar-refractivity contribution in [2.24, 2.45) is 35.2 Å². The second kappa shape index (κ2) is 37.9. The normalized spacial score (nSPS) is 11.6. The fourth-order valence-corrected chi connectivity index (χ4v) is 19.2. The quantitative estimate of drug-likeness (QED) is 0.0326. The fourth-order valence-electron chi connectivity index (χ4n) is 11.7. The Hall–Kier alpha value is -6.61. The van der Waals surface area contributed by atoms with Gasteiger partial charge in [0, 0.05) is 134 Å². The first-order valence-corrected chi connectivity index (χ1v) is 43.6. The zero-order valence-electron chi connectivity index (χ0n) is 60.3. The molecule has 35 heteroatoms. The summed E-state index contributed by atoms with van der Waals surface area (Å²) in [6, 6.07) is 18.1. The van der Waals surface area contributed by atoms with Gasteiger partial charge in [0.15, 0.2) is 0 Å². The van der Waals surface area contributed by atoms with Crippen molar-refractivity contribution >= 4 is 129 Å². The van der Waals surface area contributed by atoms with E-state index in [1.165, 1.54) is 0 Å². The Morgan fingerprint density at radius 3 is 0.931 bits per heavy atom. The molecule has 0 aliphatic carbocycles. The predicted octanol–water partition coefficient (Wildman–Crippen LogP) is 13.5. The highest BCUT2D eigenvalue weighted by Crippen LogP contribution is 2.40. The van der Waals surface area contributed by atoms with E-state index in [0.29, 0.717) is 94.6 Å². The zero-order chi connectivity index (χ0) is 78.2. The molecule has 0 radical (unpaired) electrons. The molecular formula is C67H88Cl5N5O20S5. The molecule has 0 N–H and O–H groups in total. The van der Waals surface area contributed by atoms with Gasteiger partial charge in [-0.3, -0.25) is 0 Å². The van der Waals surface area contributed by atoms with Crippen LogP contribution in [0.1, 0.15) is 186 Å². The van der Waals surface area contributed by atoms with Gasteiger partial charge in [-0.15, -0.1) is 0 Å². The zero-order valence-corrected chi connectivity index (χ0v) is 68.1. The number of carbonyl (C=O) groups is 5. The van der Waals surface area contributed by atoms with E-state index >= 15 is 0 Å². The molecule has 0 aliphatic rings. The number of carbonyl (C=O) groups excluding carboxylic acids is 5. The fraction of sp³-hybridized carbons (Fsp3) is 0.448. The predicted molar refractivity (Wildman–Crippen MR) is 393 cm³/mol. The highest BCUT2D eigenvalue weighted by molar-refractivity contribution is 8.15. The van der Waals surface area contributed by atoms with Crippen LogP contribution >= 0.6 is 53.4 Å². The third-order valence-electron chi connectivity index (χ3n) is 15.9. The van der Waals surface area contributed by atoms with Crippen LogP contribution in [0, 0.1) is 13.8 Å². The van der Waals surface area contributed by atoms with Crippen molar-refractivity contribution in [2.75, 3.05) is 33.0 Å². The average molecular weight is 1620 g/mol. The van der Waals surface area contributed by atoms with Crippen LogP contribution in [0.4, 0.5) is 0 Å². The molecule has 7 rings (SSSR count). The molecule has 0 saturated heterocycles. The first kappa shape index (κ1) is 89.6. The van der Waals surface area contributed by atoms with Gasteiger partial charge >= 0.3 is 29.8 Å². The molecule has 566 valence electrons. The third kappa shape index (κ3) is 20.7. The van der Waals surface area contributed by atoms with E-state index in [4.69, 9.17) is 77.1 Å². The van der Waals surface area contributed by atoms with Crippen LogP contribution < -0.4 is 0 Å². The van der Waals surface area contributed by atoms with E-state index in [0.717, 1.165) is 5.56 Å². The lowest BCUT2D eigenvalue weighted by Gasteiger charge is -2.10. The van der Waals surface area contributed by atoms with Crippen LogP contribution in [0.2, 0.25) is 0 Å². The van der Waals surface area contributed by atoms with Gasteiger partial charge in [0.05, 0.1) is 44.4 Å². The summed E-state index contributed by atoms with van der Waals surface area (Å²) < 4.78 is 152. The molecular weight excluding hydrogens is 1530 g/mol. The van der Waals surface area contributed by atoms with Gasteiger partial charge in [-0.05, 0) is 97.6 Å². The lowest BCUT2D eigenvalue weighted by molar-refractivity contribution is 0.0511. The Balaban J connectivity index is 0.000000333. The molecule has 2 aromatic carbocycles. The van der Waals surface area contributed by atoms with Gasteiger partial charge in [-0.1, -0.05) is 109 Å². The molecule has 0 fully saturated rings. The smallest absolute Gasteiger partial charge is 0.341 e. The summed E-state index contributed by atoms with van der Waals surface area (Å²) in [5.41, 5.74) is 6.69. The van der Waals surface area contributed by atoms with Crippen LogP contribution in [0.5, 0.6) is 0 Å². The molecule has 0 bridgehead atoms. The summed E-state index contributed by atoms with van der Waals surface area (Å²) in [6.45, 7) is 25.3. The van der Waals surface area contributed by atoms with E-state index in [9.17, 15) is 66.1 Å². The van der Waals surface area contributed by atoms with Crippen LogP contribution in [0.15, 0.2) is 85.1 Å². The molecule has 0 saturated carbocycles. The molecule has 0 aliphatic heterocycles. The summed E-state index contributed by atoms with van der Waals surface area (Å²) in [5.74, 6) is -3.42. The topological polar surface area (TPSA) is 327 Å². The second-order valence-corrected chi connectivity index (χ2v) is 34.8. The summed E-state index contributed by atoms with van der Waals surface area (Å²) >= 11 is 0. The lowest BCUT2D eigenvalue weighted by atomic mass is 10.1. The molecule has 5 aromatic heterocycles. The highest BCUT2D eigenvalue weighted by Gasteiger charge is 2.38. The van der Waals surface area contributed by atoms with Crippen molar-refractivity contribution in [3.8, 4) is 22.5 Å². The summed E-state index contributed by atoms with van der Waals surface area (Å²) in [6.07, 6.45) is 2.36. The molecule has 102 heavy (non-hydrogen) atoms. The Morgan fingerprint density at radius 1 is 0.333 bits per heavy atom. The van der Waals surface area contributed by atoms with E-state index in [1.54, 1.807) is 138 Å². The number of hydrogen-bond acceptors (Lipinski definition) is 20. The second-order valence-electron chi connectivity index (χ2n) is 22.2. The van der Waals surface area contributed by atoms with Gasteiger partial charge in [0.1, 0.15) is 52.3 Å². The van der Waals surface area contributed by atoms with Crippen molar-refractivity contribution in [3.63, 3.8) is 0 Å². The third-order valence-corrected chi connectivity index (χ3v) is 22.8. The van der Waals surface area contributed by atoms with Crippen molar-refractivity contribution in [2.45, 2.75) is 159 Å². The van der Waals surface area contributed by atoms with Gasteiger partial charge < -0.3 is 46.5 Å². The number of halogens is 5. The Kier molecular flexibility index (Phi) is 33.3. The monoisotopic (exact) mass is 1620 g/mol. The first-order valence-electron chi connectivity index (χ1n) is 32.0. The summed E-state index contributed by atoms with van der Waals surface area (Å²) in [7, 11) is 16.0. The molecule has 0 unspecified atom stereocenters. The number of ether oxygens (including phenoxy) is 5. The molecule has 5 heterocycles. The van der Waals surface area contributed by atoms with Gasteiger partial charge in [0.2, 0.25) is 0 Å². The van der Waals surface area contributed by atoms with Crippen molar-refractivity contribution < 1.29 is 89.7 Å². The minimum absolute atomic E-state index is 0.00704. The van der Waals surface area contributed by atoms with Crippen LogP contribution in [0.3, 0.4) is 0 Å².